The van der Waals surface area contributed by atoms with E-state index < -0.39 is 0 Å². The molecule has 0 spiro atoms. The Morgan fingerprint density at radius 1 is 1.23 bits per heavy atom. The van der Waals surface area contributed by atoms with Gasteiger partial charge in [-0.15, -0.1) is 0 Å². The summed E-state index contributed by atoms with van der Waals surface area (Å²) in [6.07, 6.45) is 4.69. The van der Waals surface area contributed by atoms with Gasteiger partial charge < -0.3 is 20.2 Å². The van der Waals surface area contributed by atoms with E-state index in [4.69, 9.17) is 0 Å². The zero-order valence-corrected chi connectivity index (χ0v) is 13.0. The maximum Gasteiger partial charge on any atom is 0.321 e. The molecule has 2 saturated heterocycles. The fourth-order valence-electron chi connectivity index (χ4n) is 3.30. The standard InChI is InChI=1S/C17H25N3O2/c21-13-14-7-10-20(12-14)17(22)18-15-5-4-6-16(11-15)19-8-2-1-3-9-19/h4-6,11,14,21H,1-3,7-10,12-13H2,(H,18,22). The largest absolute Gasteiger partial charge is 0.396 e. The Kier molecular flexibility index (Phi) is 4.83. The van der Waals surface area contributed by atoms with Gasteiger partial charge in [-0.05, 0) is 43.9 Å². The van der Waals surface area contributed by atoms with Crippen LogP contribution in [0.5, 0.6) is 0 Å². The van der Waals surface area contributed by atoms with Gasteiger partial charge in [-0.2, -0.15) is 0 Å². The molecule has 0 aliphatic carbocycles. The highest BCUT2D eigenvalue weighted by Gasteiger charge is 2.25. The first-order valence-electron chi connectivity index (χ1n) is 8.28. The van der Waals surface area contributed by atoms with Gasteiger partial charge in [-0.1, -0.05) is 6.07 Å². The first kappa shape index (κ1) is 15.2. The highest BCUT2D eigenvalue weighted by Crippen LogP contribution is 2.24. The van der Waals surface area contributed by atoms with Gasteiger partial charge >= 0.3 is 6.03 Å². The number of aliphatic hydroxyl groups is 1. The van der Waals surface area contributed by atoms with Gasteiger partial charge in [0.15, 0.2) is 0 Å². The van der Waals surface area contributed by atoms with E-state index in [1.165, 1.54) is 24.9 Å². The van der Waals surface area contributed by atoms with Crippen LogP contribution in [0.4, 0.5) is 16.2 Å². The van der Waals surface area contributed by atoms with Gasteiger partial charge in [0.25, 0.3) is 0 Å². The molecule has 1 unspecified atom stereocenters. The molecule has 5 heteroatoms. The molecule has 2 heterocycles. The first-order valence-corrected chi connectivity index (χ1v) is 8.28. The number of amides is 2. The van der Waals surface area contributed by atoms with Crippen LogP contribution in [-0.2, 0) is 0 Å². The molecule has 0 bridgehead atoms. The summed E-state index contributed by atoms with van der Waals surface area (Å²) >= 11 is 0. The van der Waals surface area contributed by atoms with Crippen LogP contribution in [0.15, 0.2) is 24.3 Å². The van der Waals surface area contributed by atoms with Gasteiger partial charge in [-0.25, -0.2) is 4.79 Å². The van der Waals surface area contributed by atoms with E-state index in [1.807, 2.05) is 12.1 Å². The second-order valence-corrected chi connectivity index (χ2v) is 6.31. The lowest BCUT2D eigenvalue weighted by molar-refractivity contribution is 0.209. The average Bonchev–Trinajstić information content (AvgIpc) is 3.05. The third kappa shape index (κ3) is 3.53. The third-order valence-corrected chi connectivity index (χ3v) is 4.65. The molecule has 1 aromatic carbocycles. The highest BCUT2D eigenvalue weighted by molar-refractivity contribution is 5.90. The molecular formula is C17H25N3O2. The molecule has 22 heavy (non-hydrogen) atoms. The Bertz CT molecular complexity index is 514. The topological polar surface area (TPSA) is 55.8 Å². The number of benzene rings is 1. The van der Waals surface area contributed by atoms with Crippen molar-refractivity contribution in [3.8, 4) is 0 Å². The number of hydrogen-bond donors (Lipinski definition) is 2. The first-order chi connectivity index (χ1) is 10.8. The summed E-state index contributed by atoms with van der Waals surface area (Å²) in [5.74, 6) is 0.227. The van der Waals surface area contributed by atoms with Crippen LogP contribution in [0.3, 0.4) is 0 Å². The maximum atomic E-state index is 12.3. The van der Waals surface area contributed by atoms with E-state index in [1.54, 1.807) is 4.90 Å². The van der Waals surface area contributed by atoms with E-state index in [0.717, 1.165) is 31.7 Å². The predicted octanol–water partition coefficient (Wildman–Crippen LogP) is 2.52. The summed E-state index contributed by atoms with van der Waals surface area (Å²) in [7, 11) is 0. The molecule has 1 aromatic rings. The van der Waals surface area contributed by atoms with Crippen molar-refractivity contribution in [2.45, 2.75) is 25.7 Å². The molecule has 5 nitrogen and oxygen atoms in total. The maximum absolute atomic E-state index is 12.3. The number of anilines is 2. The van der Waals surface area contributed by atoms with Gasteiger partial charge in [0.2, 0.25) is 0 Å². The van der Waals surface area contributed by atoms with Crippen molar-refractivity contribution < 1.29 is 9.90 Å². The number of carbonyl (C=O) groups is 1. The van der Waals surface area contributed by atoms with Crippen molar-refractivity contribution >= 4 is 17.4 Å². The number of nitrogens with zero attached hydrogens (tertiary/aromatic N) is 2. The second-order valence-electron chi connectivity index (χ2n) is 6.31. The number of urea groups is 1. The van der Waals surface area contributed by atoms with Crippen molar-refractivity contribution in [2.75, 3.05) is 43.0 Å². The molecule has 2 N–H and O–H groups in total. The number of nitrogens with one attached hydrogen (secondary N) is 1. The summed E-state index contributed by atoms with van der Waals surface area (Å²) < 4.78 is 0. The fraction of sp³-hybridized carbons (Fsp3) is 0.588. The van der Waals surface area contributed by atoms with Crippen LogP contribution >= 0.6 is 0 Å². The zero-order chi connectivity index (χ0) is 15.4. The molecule has 1 atom stereocenters. The lowest BCUT2D eigenvalue weighted by atomic mass is 10.1. The van der Waals surface area contributed by atoms with Crippen molar-refractivity contribution in [3.63, 3.8) is 0 Å². The quantitative estimate of drug-likeness (QED) is 0.902. The zero-order valence-electron chi connectivity index (χ0n) is 13.0. The van der Waals surface area contributed by atoms with Gasteiger partial charge in [0, 0.05) is 50.1 Å². The molecule has 120 valence electrons. The molecule has 3 rings (SSSR count). The molecule has 0 radical (unpaired) electrons. The lowest BCUT2D eigenvalue weighted by Crippen LogP contribution is -2.33. The number of piperidine rings is 1. The van der Waals surface area contributed by atoms with Crippen LogP contribution < -0.4 is 10.2 Å². The number of likely N-dealkylation sites (tertiary alicyclic amines) is 1. The van der Waals surface area contributed by atoms with Gasteiger partial charge in [0.05, 0.1) is 0 Å². The molecule has 0 aromatic heterocycles. The molecule has 2 aliphatic heterocycles. The van der Waals surface area contributed by atoms with Crippen molar-refractivity contribution in [1.82, 2.24) is 4.90 Å². The third-order valence-electron chi connectivity index (χ3n) is 4.65. The Labute approximate surface area is 131 Å². The van der Waals surface area contributed by atoms with Crippen molar-refractivity contribution in [2.24, 2.45) is 5.92 Å². The summed E-state index contributed by atoms with van der Waals surface area (Å²) in [4.78, 5) is 16.5. The molecular weight excluding hydrogens is 278 g/mol. The normalized spacial score (nSPS) is 22.0. The summed E-state index contributed by atoms with van der Waals surface area (Å²) in [6.45, 7) is 3.73. The summed E-state index contributed by atoms with van der Waals surface area (Å²) in [5.41, 5.74) is 2.03. The van der Waals surface area contributed by atoms with Crippen LogP contribution in [0.2, 0.25) is 0 Å². The van der Waals surface area contributed by atoms with Crippen LogP contribution in [0.1, 0.15) is 25.7 Å². The Morgan fingerprint density at radius 3 is 2.77 bits per heavy atom. The minimum atomic E-state index is -0.0632. The van der Waals surface area contributed by atoms with Crippen LogP contribution in [0, 0.1) is 5.92 Å². The molecule has 2 fully saturated rings. The molecule has 0 saturated carbocycles. The monoisotopic (exact) mass is 303 g/mol. The van der Waals surface area contributed by atoms with Crippen molar-refractivity contribution in [3.05, 3.63) is 24.3 Å². The number of carbonyl (C=O) groups excluding carboxylic acids is 1. The SMILES string of the molecule is O=C(Nc1cccc(N2CCCCC2)c1)N1CCC(CO)C1. The fourth-order valence-corrected chi connectivity index (χ4v) is 3.30. The Balaban J connectivity index is 1.61. The second kappa shape index (κ2) is 7.01. The summed E-state index contributed by atoms with van der Waals surface area (Å²) in [5, 5.41) is 12.2. The smallest absolute Gasteiger partial charge is 0.321 e. The van der Waals surface area contributed by atoms with E-state index in [0.29, 0.717) is 6.54 Å². The highest BCUT2D eigenvalue weighted by atomic mass is 16.3. The predicted molar refractivity (Wildman–Crippen MR) is 88.3 cm³/mol. The van der Waals surface area contributed by atoms with E-state index in [9.17, 15) is 9.90 Å². The van der Waals surface area contributed by atoms with E-state index in [-0.39, 0.29) is 18.6 Å². The Hall–Kier alpha value is -1.75. The lowest BCUT2D eigenvalue weighted by Gasteiger charge is -2.29. The van der Waals surface area contributed by atoms with Crippen molar-refractivity contribution in [1.29, 1.82) is 0 Å². The van der Waals surface area contributed by atoms with Crippen LogP contribution in [0.25, 0.3) is 0 Å². The Morgan fingerprint density at radius 2 is 2.05 bits per heavy atom. The van der Waals surface area contributed by atoms with Crippen LogP contribution in [-0.4, -0.2) is 48.8 Å². The number of hydrogen-bond acceptors (Lipinski definition) is 3. The van der Waals surface area contributed by atoms with E-state index >= 15 is 0 Å². The average molecular weight is 303 g/mol. The number of aliphatic hydroxyl groups excluding tert-OH is 1. The van der Waals surface area contributed by atoms with Gasteiger partial charge in [0.1, 0.15) is 0 Å². The summed E-state index contributed by atoms with van der Waals surface area (Å²) in [6, 6.07) is 8.04. The number of rotatable bonds is 3. The molecule has 2 aliphatic rings. The minimum absolute atomic E-state index is 0.0632. The molecule has 2 amide bonds. The van der Waals surface area contributed by atoms with Gasteiger partial charge in [-0.3, -0.25) is 0 Å². The minimum Gasteiger partial charge on any atom is -0.396 e. The van der Waals surface area contributed by atoms with E-state index in [2.05, 4.69) is 22.3 Å².